The minimum atomic E-state index is -4.55. The molecule has 1 heterocycles. The summed E-state index contributed by atoms with van der Waals surface area (Å²) in [5.41, 5.74) is 1.15. The van der Waals surface area contributed by atoms with Gasteiger partial charge < -0.3 is 4.90 Å². The molecular formula is C22H16F3N3O2. The zero-order valence-electron chi connectivity index (χ0n) is 15.9. The Labute approximate surface area is 170 Å². The third-order valence-electron chi connectivity index (χ3n) is 5.41. The van der Waals surface area contributed by atoms with Crippen molar-refractivity contribution in [3.8, 4) is 6.07 Å². The number of alkyl halides is 3. The number of allylic oxidation sites excluding steroid dienone is 1. The van der Waals surface area contributed by atoms with Crippen molar-refractivity contribution in [1.82, 2.24) is 4.90 Å². The summed E-state index contributed by atoms with van der Waals surface area (Å²) >= 11 is 0. The number of anilines is 1. The molecule has 8 heteroatoms. The lowest BCUT2D eigenvalue weighted by Crippen LogP contribution is -2.48. The molecule has 0 saturated carbocycles. The van der Waals surface area contributed by atoms with Gasteiger partial charge in [-0.2, -0.15) is 18.4 Å². The van der Waals surface area contributed by atoms with E-state index in [2.05, 4.69) is 0 Å². The van der Waals surface area contributed by atoms with Crippen molar-refractivity contribution >= 4 is 17.5 Å². The van der Waals surface area contributed by atoms with Crippen molar-refractivity contribution in [2.45, 2.75) is 25.1 Å². The number of rotatable bonds is 2. The first-order chi connectivity index (χ1) is 14.2. The smallest absolute Gasteiger partial charge is 0.316 e. The Hall–Kier alpha value is -3.60. The van der Waals surface area contributed by atoms with Crippen molar-refractivity contribution in [1.29, 1.82) is 5.26 Å². The molecule has 5 nitrogen and oxygen atoms in total. The molecular weight excluding hydrogens is 395 g/mol. The van der Waals surface area contributed by atoms with Crippen molar-refractivity contribution in [3.63, 3.8) is 0 Å². The molecule has 152 valence electrons. The highest BCUT2D eigenvalue weighted by atomic mass is 19.4. The Morgan fingerprint density at radius 3 is 2.40 bits per heavy atom. The van der Waals surface area contributed by atoms with Gasteiger partial charge >= 0.3 is 12.2 Å². The Kier molecular flexibility index (Phi) is 4.61. The number of urea groups is 1. The molecule has 0 bridgehead atoms. The van der Waals surface area contributed by atoms with Crippen molar-refractivity contribution in [2.75, 3.05) is 11.9 Å². The topological polar surface area (TPSA) is 64.4 Å². The molecule has 2 amide bonds. The van der Waals surface area contributed by atoms with Crippen LogP contribution in [0.4, 0.5) is 23.7 Å². The van der Waals surface area contributed by atoms with Gasteiger partial charge in [-0.05, 0) is 42.3 Å². The molecule has 0 fully saturated rings. The van der Waals surface area contributed by atoms with E-state index in [1.807, 2.05) is 6.07 Å². The molecule has 2 aliphatic rings. The van der Waals surface area contributed by atoms with E-state index in [-0.39, 0.29) is 24.3 Å². The fourth-order valence-electron chi connectivity index (χ4n) is 4.00. The highest BCUT2D eigenvalue weighted by Crippen LogP contribution is 2.44. The van der Waals surface area contributed by atoms with Gasteiger partial charge in [-0.1, -0.05) is 18.2 Å². The number of ketones is 1. The third-order valence-corrected chi connectivity index (χ3v) is 5.41. The summed E-state index contributed by atoms with van der Waals surface area (Å²) in [6.07, 6.45) is -4.08. The fourth-order valence-corrected chi connectivity index (χ4v) is 4.00. The lowest BCUT2D eigenvalue weighted by atomic mass is 9.93. The molecule has 1 atom stereocenters. The number of hydrogen-bond donors (Lipinski definition) is 0. The first kappa shape index (κ1) is 19.7. The number of likely N-dealkylation sites (N-methyl/N-ethyl adjacent to an activating group) is 1. The summed E-state index contributed by atoms with van der Waals surface area (Å²) < 4.78 is 39.5. The second-order valence-corrected chi connectivity index (χ2v) is 7.20. The third kappa shape index (κ3) is 3.12. The minimum Gasteiger partial charge on any atom is -0.316 e. The van der Waals surface area contributed by atoms with Crippen LogP contribution in [0.25, 0.3) is 0 Å². The minimum absolute atomic E-state index is 0.0714. The summed E-state index contributed by atoms with van der Waals surface area (Å²) in [6.45, 7) is 0. The molecule has 0 aromatic heterocycles. The SMILES string of the molecule is CN1C(=O)N(c2cccc(C(F)(F)F)c2)C2=C(C(=O)CC2)[C@H]1c1ccc(C#N)cc1. The molecule has 0 unspecified atom stereocenters. The van der Waals surface area contributed by atoms with Gasteiger partial charge in [0, 0.05) is 24.7 Å². The summed E-state index contributed by atoms with van der Waals surface area (Å²) in [4.78, 5) is 28.5. The monoisotopic (exact) mass is 411 g/mol. The molecule has 30 heavy (non-hydrogen) atoms. The summed E-state index contributed by atoms with van der Waals surface area (Å²) in [5.74, 6) is -0.143. The van der Waals surface area contributed by atoms with Crippen LogP contribution in [0.1, 0.15) is 35.6 Å². The van der Waals surface area contributed by atoms with Crippen LogP contribution in [0.3, 0.4) is 0 Å². The zero-order chi connectivity index (χ0) is 21.6. The predicted molar refractivity (Wildman–Crippen MR) is 102 cm³/mol. The van der Waals surface area contributed by atoms with E-state index in [0.29, 0.717) is 22.4 Å². The van der Waals surface area contributed by atoms with E-state index < -0.39 is 23.8 Å². The van der Waals surface area contributed by atoms with E-state index in [9.17, 15) is 22.8 Å². The molecule has 1 aliphatic carbocycles. The summed E-state index contributed by atoms with van der Waals surface area (Å²) in [6, 6.07) is 12.0. The standard InChI is InChI=1S/C22H16F3N3O2/c1-27-20(14-7-5-13(12-26)6-8-14)19-17(9-10-18(19)29)28(21(27)30)16-4-2-3-15(11-16)22(23,24)25/h2-8,11,20H,9-10H2,1H3/t20-/m1/s1. The van der Waals surface area contributed by atoms with Crippen molar-refractivity contribution < 1.29 is 22.8 Å². The molecule has 0 saturated heterocycles. The van der Waals surface area contributed by atoms with Crippen LogP contribution < -0.4 is 4.90 Å². The van der Waals surface area contributed by atoms with Gasteiger partial charge in [0.25, 0.3) is 0 Å². The van der Waals surface area contributed by atoms with Crippen LogP contribution in [0.5, 0.6) is 0 Å². The van der Waals surface area contributed by atoms with Gasteiger partial charge in [0.15, 0.2) is 5.78 Å². The number of carbonyl (C=O) groups is 2. The van der Waals surface area contributed by atoms with Crippen LogP contribution >= 0.6 is 0 Å². The van der Waals surface area contributed by atoms with Crippen LogP contribution in [-0.2, 0) is 11.0 Å². The number of amides is 2. The molecule has 0 radical (unpaired) electrons. The Morgan fingerprint density at radius 2 is 1.77 bits per heavy atom. The summed E-state index contributed by atoms with van der Waals surface area (Å²) in [5, 5.41) is 9.00. The van der Waals surface area contributed by atoms with E-state index in [0.717, 1.165) is 12.1 Å². The van der Waals surface area contributed by atoms with Crippen molar-refractivity contribution in [3.05, 3.63) is 76.5 Å². The normalized spacial score (nSPS) is 19.2. The number of nitrogens with zero attached hydrogens (tertiary/aromatic N) is 3. The number of nitriles is 1. The number of Topliss-reactive ketones (excluding diaryl/α,β-unsaturated/α-hetero) is 1. The van der Waals surface area contributed by atoms with Gasteiger partial charge in [0.1, 0.15) is 0 Å². The van der Waals surface area contributed by atoms with Gasteiger partial charge in [0.05, 0.1) is 28.9 Å². The lowest BCUT2D eigenvalue weighted by Gasteiger charge is -2.40. The maximum atomic E-state index is 13.2. The highest BCUT2D eigenvalue weighted by molar-refractivity contribution is 6.08. The lowest BCUT2D eigenvalue weighted by molar-refractivity contribution is -0.137. The zero-order valence-corrected chi connectivity index (χ0v) is 15.9. The van der Waals surface area contributed by atoms with Gasteiger partial charge in [-0.3, -0.25) is 9.69 Å². The van der Waals surface area contributed by atoms with Crippen molar-refractivity contribution in [2.24, 2.45) is 0 Å². The molecule has 0 spiro atoms. The second kappa shape index (κ2) is 7.02. The largest absolute Gasteiger partial charge is 0.416 e. The van der Waals surface area contributed by atoms with Gasteiger partial charge in [-0.15, -0.1) is 0 Å². The van der Waals surface area contributed by atoms with E-state index in [1.165, 1.54) is 29.0 Å². The second-order valence-electron chi connectivity index (χ2n) is 7.20. The number of hydrogen-bond acceptors (Lipinski definition) is 3. The summed E-state index contributed by atoms with van der Waals surface area (Å²) in [7, 11) is 1.52. The first-order valence-electron chi connectivity index (χ1n) is 9.23. The Bertz CT molecular complexity index is 1110. The molecule has 2 aromatic rings. The molecule has 2 aromatic carbocycles. The van der Waals surface area contributed by atoms with Crippen LogP contribution in [0, 0.1) is 11.3 Å². The van der Waals surface area contributed by atoms with E-state index in [4.69, 9.17) is 5.26 Å². The quantitative estimate of drug-likeness (QED) is 0.713. The number of benzene rings is 2. The van der Waals surface area contributed by atoms with Crippen LogP contribution in [0.15, 0.2) is 59.8 Å². The first-order valence-corrected chi connectivity index (χ1v) is 9.23. The van der Waals surface area contributed by atoms with Crippen LogP contribution in [-0.4, -0.2) is 23.8 Å². The van der Waals surface area contributed by atoms with Gasteiger partial charge in [-0.25, -0.2) is 4.79 Å². The predicted octanol–water partition coefficient (Wildman–Crippen LogP) is 4.81. The average molecular weight is 411 g/mol. The number of halogens is 3. The van der Waals surface area contributed by atoms with Gasteiger partial charge in [0.2, 0.25) is 0 Å². The number of carbonyl (C=O) groups excluding carboxylic acids is 2. The molecule has 4 rings (SSSR count). The van der Waals surface area contributed by atoms with Crippen LogP contribution in [0.2, 0.25) is 0 Å². The fraction of sp³-hybridized carbons (Fsp3) is 0.227. The Balaban J connectivity index is 1.85. The molecule has 0 N–H and O–H groups in total. The highest BCUT2D eigenvalue weighted by Gasteiger charge is 2.44. The maximum Gasteiger partial charge on any atom is 0.416 e. The maximum absolute atomic E-state index is 13.2. The molecule has 1 aliphatic heterocycles. The Morgan fingerprint density at radius 1 is 1.07 bits per heavy atom. The van der Waals surface area contributed by atoms with E-state index in [1.54, 1.807) is 24.3 Å². The van der Waals surface area contributed by atoms with E-state index >= 15 is 0 Å². The average Bonchev–Trinajstić information content (AvgIpc) is 3.09.